The maximum Gasteiger partial charge on any atom is 0.144 e. The van der Waals surface area contributed by atoms with Gasteiger partial charge < -0.3 is 18.2 Å². The second kappa shape index (κ2) is 31.6. The van der Waals surface area contributed by atoms with Crippen LogP contribution in [0.2, 0.25) is 0 Å². The van der Waals surface area contributed by atoms with Crippen LogP contribution in [0.25, 0.3) is 155 Å². The zero-order valence-electron chi connectivity index (χ0n) is 81.4. The van der Waals surface area contributed by atoms with Crippen molar-refractivity contribution in [3.05, 3.63) is 386 Å². The van der Waals surface area contributed by atoms with Crippen LogP contribution in [0, 0.1) is 0 Å². The lowest BCUT2D eigenvalue weighted by atomic mass is 9.62. The molecule has 4 heteroatoms. The zero-order valence-corrected chi connectivity index (χ0v) is 81.4. The van der Waals surface area contributed by atoms with Crippen molar-refractivity contribution >= 4 is 82.9 Å². The third kappa shape index (κ3) is 11.3. The molecular formula is C134H121NO3. The topological polar surface area (TPSA) is 42.7 Å². The number of furan rings is 3. The van der Waals surface area contributed by atoms with E-state index < -0.39 is 16.2 Å². The molecule has 4 nitrogen and oxygen atoms in total. The lowest BCUT2D eigenvalue weighted by molar-refractivity contribution is 0.369. The van der Waals surface area contributed by atoms with Gasteiger partial charge in [-0.1, -0.05) is 408 Å². The van der Waals surface area contributed by atoms with Crippen LogP contribution in [0.3, 0.4) is 0 Å². The molecule has 2 spiro atoms. The monoisotopic (exact) mass is 1790 g/mol. The lowest BCUT2D eigenvalue weighted by Crippen LogP contribution is -2.33. The zero-order chi connectivity index (χ0) is 92.5. The fourth-order valence-corrected chi connectivity index (χ4v) is 29.8. The van der Waals surface area contributed by atoms with Crippen molar-refractivity contribution in [2.75, 3.05) is 4.90 Å². The van der Waals surface area contributed by atoms with Crippen LogP contribution in [0.1, 0.15) is 299 Å². The molecule has 0 atom stereocenters. The van der Waals surface area contributed by atoms with Gasteiger partial charge in [-0.3, -0.25) is 0 Å². The van der Waals surface area contributed by atoms with E-state index in [2.05, 4.69) is 358 Å². The van der Waals surface area contributed by atoms with Gasteiger partial charge in [0.15, 0.2) is 0 Å². The van der Waals surface area contributed by atoms with Gasteiger partial charge >= 0.3 is 0 Å². The number of benzene rings is 16. The summed E-state index contributed by atoms with van der Waals surface area (Å²) in [5.74, 6) is 0. The van der Waals surface area contributed by atoms with E-state index in [-0.39, 0.29) is 16.2 Å². The standard InChI is InChI=1S/C134H121NO3/c1-9-13-17-21-43-73-131(74-44-22-18-14-10-2)100-57-35-30-52-91(100)122-126(131)125-118(120-96-55-33-42-64-113(96)138-128(120)122)93-70-67-83(78-107(93)132(125,75-45-23-19-15-11-3)76-46-24-20-16-12-4)135(82-66-69-92-106(77-82)130(7,8)124-121(92)127-119(95-54-32-41-63-112(95)137-127)117-90-51-29-34-56-99(90)129(5,6)123(117)124)84-65-68-89-97-80-110-98(81-109(97)134(108(89)79-84)103-60-38-27-49-87(103)88-50-28-39-61-104(88)134)115-105(71-72-114-116(115)94-53-31-40-62-111(94)136-114)133(110)101-58-36-25-47-85(101)86-48-26-37-59-102(86)133/h25-42,47-72,77-81H,9-24,43-46,73-76H2,1-8H3. The third-order valence-electron chi connectivity index (χ3n) is 35.6. The number of fused-ring (bicyclic) bond motifs is 48. The van der Waals surface area contributed by atoms with Gasteiger partial charge in [-0.15, -0.1) is 0 Å². The molecule has 0 amide bonds. The van der Waals surface area contributed by atoms with Crippen LogP contribution in [-0.4, -0.2) is 0 Å². The summed E-state index contributed by atoms with van der Waals surface area (Å²) in [4.78, 5) is 2.78. The number of anilines is 3. The second-order valence-electron chi connectivity index (χ2n) is 43.4. The molecule has 0 aliphatic heterocycles. The molecule has 0 saturated carbocycles. The molecule has 8 aliphatic rings. The van der Waals surface area contributed by atoms with Crippen molar-refractivity contribution in [2.24, 2.45) is 0 Å². The van der Waals surface area contributed by atoms with E-state index in [1.54, 1.807) is 16.7 Å². The summed E-state index contributed by atoms with van der Waals surface area (Å²) in [5.41, 5.74) is 49.8. The van der Waals surface area contributed by atoms with Crippen molar-refractivity contribution in [2.45, 2.75) is 242 Å². The largest absolute Gasteiger partial charge is 0.456 e. The molecule has 8 aliphatic carbocycles. The average molecular weight is 1790 g/mol. The number of unbranched alkanes of at least 4 members (excludes halogenated alkanes) is 16. The molecule has 27 rings (SSSR count). The van der Waals surface area contributed by atoms with E-state index in [0.29, 0.717) is 0 Å². The SMILES string of the molecule is CCCCCCCC1(CCCCCCC)c2ccccc2-c2c1c1c(c3c2oc2ccccc23)-c2ccc(N(c3ccc4c(c3)C(C)(C)c3c5c(c6c(oc7ccccc76)c3-4)-c3ccccc3C5(C)C)c3ccc4c(c3)C3(c5ccccc5-c5ccccc53)c3cc5c(cc3-4)C3(c4ccccc4-c4ccccc43)c3ccc4oc6ccccc6c4c3-5)cc2C1(CCCCCCC)CCCCCCC. The van der Waals surface area contributed by atoms with Gasteiger partial charge in [-0.25, -0.2) is 0 Å². The first kappa shape index (κ1) is 84.0. The predicted octanol–water partition coefficient (Wildman–Crippen LogP) is 38.1. The molecular weight excluding hydrogens is 1670 g/mol. The summed E-state index contributed by atoms with van der Waals surface area (Å²) in [5, 5.41) is 7.26. The Bertz CT molecular complexity index is 8200. The van der Waals surface area contributed by atoms with E-state index in [9.17, 15) is 0 Å². The van der Waals surface area contributed by atoms with Crippen molar-refractivity contribution in [1.82, 2.24) is 0 Å². The smallest absolute Gasteiger partial charge is 0.144 e. The number of rotatable bonds is 27. The van der Waals surface area contributed by atoms with Crippen LogP contribution in [-0.2, 0) is 32.5 Å². The molecule has 3 aromatic heterocycles. The molecule has 0 radical (unpaired) electrons. The van der Waals surface area contributed by atoms with Gasteiger partial charge in [-0.2, -0.15) is 0 Å². The molecule has 16 aromatic carbocycles. The molecule has 19 aromatic rings. The quantitative estimate of drug-likeness (QED) is 0.0481. The Morgan fingerprint density at radius 3 is 1.04 bits per heavy atom. The van der Waals surface area contributed by atoms with E-state index >= 15 is 0 Å². The molecule has 680 valence electrons. The number of hydrogen-bond donors (Lipinski definition) is 0. The summed E-state index contributed by atoms with van der Waals surface area (Å²) in [6, 6.07) is 118. The minimum absolute atomic E-state index is 0.236. The van der Waals surface area contributed by atoms with Gasteiger partial charge in [0.25, 0.3) is 0 Å². The fourth-order valence-electron chi connectivity index (χ4n) is 29.8. The summed E-state index contributed by atoms with van der Waals surface area (Å²) in [7, 11) is 0. The number of hydrogen-bond acceptors (Lipinski definition) is 4. The normalized spacial score (nSPS) is 15.7. The Kier molecular flexibility index (Phi) is 19.3. The van der Waals surface area contributed by atoms with E-state index in [1.165, 1.54) is 310 Å². The average Bonchev–Trinajstić information content (AvgIpc) is 1.50. The summed E-state index contributed by atoms with van der Waals surface area (Å²) < 4.78 is 22.4. The highest BCUT2D eigenvalue weighted by Gasteiger charge is 2.60. The first-order chi connectivity index (χ1) is 67.8. The Hall–Kier alpha value is -13.3. The van der Waals surface area contributed by atoms with Crippen molar-refractivity contribution in [3.8, 4) is 89.0 Å². The van der Waals surface area contributed by atoms with E-state index in [0.717, 1.165) is 88.8 Å². The highest BCUT2D eigenvalue weighted by molar-refractivity contribution is 6.24. The van der Waals surface area contributed by atoms with Crippen LogP contribution in [0.4, 0.5) is 17.1 Å². The Morgan fingerprint density at radius 1 is 0.210 bits per heavy atom. The Balaban J connectivity index is 0.747. The van der Waals surface area contributed by atoms with Crippen LogP contribution < -0.4 is 4.90 Å². The number of para-hydroxylation sites is 3. The van der Waals surface area contributed by atoms with Crippen molar-refractivity contribution in [1.29, 1.82) is 0 Å². The first-order valence-electron chi connectivity index (χ1n) is 52.9. The van der Waals surface area contributed by atoms with Crippen LogP contribution in [0.5, 0.6) is 0 Å². The Labute approximate surface area is 812 Å². The number of nitrogens with zero attached hydrogens (tertiary/aromatic N) is 1. The third-order valence-corrected chi connectivity index (χ3v) is 35.6. The molecule has 0 fully saturated rings. The summed E-state index contributed by atoms with van der Waals surface area (Å²) in [6.07, 6.45) is 28.9. The second-order valence-corrected chi connectivity index (χ2v) is 43.4. The Morgan fingerprint density at radius 2 is 0.536 bits per heavy atom. The fraction of sp³-hybridized carbons (Fsp3) is 0.284. The minimum Gasteiger partial charge on any atom is -0.456 e. The first-order valence-corrected chi connectivity index (χ1v) is 52.9. The van der Waals surface area contributed by atoms with E-state index in [1.807, 2.05) is 0 Å². The molecule has 138 heavy (non-hydrogen) atoms. The van der Waals surface area contributed by atoms with Gasteiger partial charge in [0.05, 0.1) is 10.8 Å². The van der Waals surface area contributed by atoms with Crippen molar-refractivity contribution < 1.29 is 13.3 Å². The highest BCUT2D eigenvalue weighted by atomic mass is 16.3. The highest BCUT2D eigenvalue weighted by Crippen LogP contribution is 2.73. The summed E-state index contributed by atoms with van der Waals surface area (Å²) in [6.45, 7) is 19.6. The maximum atomic E-state index is 7.81. The molecule has 0 saturated heterocycles. The lowest BCUT2D eigenvalue weighted by Gasteiger charge is -2.40. The van der Waals surface area contributed by atoms with Crippen molar-refractivity contribution in [3.63, 3.8) is 0 Å². The van der Waals surface area contributed by atoms with E-state index in [4.69, 9.17) is 13.3 Å². The minimum atomic E-state index is -0.772. The molecule has 0 N–H and O–H groups in total. The van der Waals surface area contributed by atoms with Gasteiger partial charge in [0.1, 0.15) is 33.5 Å². The van der Waals surface area contributed by atoms with Gasteiger partial charge in [0.2, 0.25) is 0 Å². The molecule has 0 bridgehead atoms. The predicted molar refractivity (Wildman–Crippen MR) is 577 cm³/mol. The summed E-state index contributed by atoms with van der Waals surface area (Å²) >= 11 is 0. The molecule has 0 unspecified atom stereocenters. The van der Waals surface area contributed by atoms with Crippen LogP contribution >= 0.6 is 0 Å². The van der Waals surface area contributed by atoms with Gasteiger partial charge in [-0.05, 0) is 265 Å². The van der Waals surface area contributed by atoms with Gasteiger partial charge in [0, 0.05) is 82.2 Å². The maximum absolute atomic E-state index is 7.81. The molecule has 3 heterocycles. The van der Waals surface area contributed by atoms with Crippen LogP contribution in [0.15, 0.2) is 311 Å².